The van der Waals surface area contributed by atoms with E-state index in [1.54, 1.807) is 11.8 Å². The van der Waals surface area contributed by atoms with Crippen molar-refractivity contribution in [2.24, 2.45) is 10.9 Å². The topological polar surface area (TPSA) is 85.9 Å². The Bertz CT molecular complexity index is 714. The van der Waals surface area contributed by atoms with E-state index in [1.807, 2.05) is 39.0 Å². The number of nitrogen functional groups attached to an aromatic ring is 1. The van der Waals surface area contributed by atoms with E-state index in [0.29, 0.717) is 23.4 Å². The number of amidine groups is 1. The number of anilines is 1. The van der Waals surface area contributed by atoms with E-state index in [-0.39, 0.29) is 0 Å². The molecule has 3 N–H and O–H groups in total. The second-order valence-corrected chi connectivity index (χ2v) is 8.60. The van der Waals surface area contributed by atoms with Gasteiger partial charge in [0.25, 0.3) is 0 Å². The van der Waals surface area contributed by atoms with Gasteiger partial charge in [0.05, 0.1) is 12.1 Å². The van der Waals surface area contributed by atoms with Gasteiger partial charge in [0.2, 0.25) is 0 Å². The molecule has 0 fully saturated rings. The molecule has 0 saturated heterocycles. The van der Waals surface area contributed by atoms with Crippen LogP contribution < -0.4 is 15.8 Å². The lowest BCUT2D eigenvalue weighted by Crippen LogP contribution is -2.42. The zero-order valence-corrected chi connectivity index (χ0v) is 15.9. The third-order valence-corrected chi connectivity index (χ3v) is 5.47. The van der Waals surface area contributed by atoms with Gasteiger partial charge >= 0.3 is 6.09 Å². The quantitative estimate of drug-likeness (QED) is 0.689. The number of hydrogen-bond donors (Lipinski definition) is 2. The van der Waals surface area contributed by atoms with Gasteiger partial charge in [-0.05, 0) is 52.3 Å². The van der Waals surface area contributed by atoms with Crippen molar-refractivity contribution in [2.45, 2.75) is 45.3 Å². The minimum Gasteiger partial charge on any atom is -0.493 e. The number of nitrogens with one attached hydrogen (secondary N) is 1. The van der Waals surface area contributed by atoms with Crippen LogP contribution in [0.25, 0.3) is 0 Å². The molecule has 7 heteroatoms. The smallest absolute Gasteiger partial charge is 0.413 e. The molecular formula is C18H25N3O3S. The number of carbonyl (C=O) groups is 1. The van der Waals surface area contributed by atoms with Crippen LogP contribution in [0.3, 0.4) is 0 Å². The zero-order chi connectivity index (χ0) is 18.2. The average Bonchev–Trinajstić information content (AvgIpc) is 2.61. The van der Waals surface area contributed by atoms with Crippen molar-refractivity contribution < 1.29 is 14.3 Å². The van der Waals surface area contributed by atoms with Gasteiger partial charge in [-0.1, -0.05) is 11.8 Å². The SMILES string of the molecule is CC(C)(C)OC(=O)NC1=N[C@]2(C)c3cc(N)ccc3OCC[C@@H]2CS1. The van der Waals surface area contributed by atoms with E-state index < -0.39 is 17.2 Å². The van der Waals surface area contributed by atoms with E-state index in [4.69, 9.17) is 20.2 Å². The molecule has 0 unspecified atom stereocenters. The highest BCUT2D eigenvalue weighted by molar-refractivity contribution is 8.13. The minimum atomic E-state index is -0.548. The molecule has 0 radical (unpaired) electrons. The zero-order valence-electron chi connectivity index (χ0n) is 15.1. The second-order valence-electron chi connectivity index (χ2n) is 7.59. The first-order chi connectivity index (χ1) is 11.7. The number of hydrogen-bond acceptors (Lipinski definition) is 6. The number of rotatable bonds is 0. The molecule has 2 atom stereocenters. The highest BCUT2D eigenvalue weighted by Crippen LogP contribution is 2.47. The lowest BCUT2D eigenvalue weighted by Gasteiger charge is -2.37. The molecule has 2 aliphatic rings. The van der Waals surface area contributed by atoms with Crippen LogP contribution in [0, 0.1) is 5.92 Å². The third kappa shape index (κ3) is 3.86. The summed E-state index contributed by atoms with van der Waals surface area (Å²) < 4.78 is 11.2. The van der Waals surface area contributed by atoms with Crippen molar-refractivity contribution in [3.05, 3.63) is 23.8 Å². The number of amides is 1. The lowest BCUT2D eigenvalue weighted by atomic mass is 9.79. The van der Waals surface area contributed by atoms with Crippen LogP contribution >= 0.6 is 11.8 Å². The Balaban J connectivity index is 1.92. The summed E-state index contributed by atoms with van der Waals surface area (Å²) in [4.78, 5) is 17.0. The first kappa shape index (κ1) is 17.9. The Morgan fingerprint density at radius 1 is 1.48 bits per heavy atom. The minimum absolute atomic E-state index is 0.310. The van der Waals surface area contributed by atoms with Gasteiger partial charge in [-0.15, -0.1) is 0 Å². The van der Waals surface area contributed by atoms with Crippen molar-refractivity contribution in [3.63, 3.8) is 0 Å². The van der Waals surface area contributed by atoms with E-state index in [0.717, 1.165) is 23.5 Å². The van der Waals surface area contributed by atoms with Gasteiger partial charge in [0, 0.05) is 22.9 Å². The molecule has 3 rings (SSSR count). The van der Waals surface area contributed by atoms with E-state index in [9.17, 15) is 4.79 Å². The van der Waals surface area contributed by atoms with Crippen LogP contribution in [0.15, 0.2) is 23.2 Å². The van der Waals surface area contributed by atoms with E-state index >= 15 is 0 Å². The molecule has 0 aliphatic carbocycles. The summed E-state index contributed by atoms with van der Waals surface area (Å²) in [7, 11) is 0. The van der Waals surface area contributed by atoms with Crippen LogP contribution in [-0.4, -0.2) is 29.2 Å². The maximum absolute atomic E-state index is 12.1. The van der Waals surface area contributed by atoms with Gasteiger partial charge in [-0.3, -0.25) is 10.3 Å². The molecule has 2 aliphatic heterocycles. The molecular weight excluding hydrogens is 338 g/mol. The van der Waals surface area contributed by atoms with Gasteiger partial charge in [0.15, 0.2) is 5.17 Å². The fraction of sp³-hybridized carbons (Fsp3) is 0.556. The Labute approximate surface area is 152 Å². The molecule has 25 heavy (non-hydrogen) atoms. The van der Waals surface area contributed by atoms with Crippen LogP contribution in [0.2, 0.25) is 0 Å². The Kier molecular flexibility index (Phi) is 4.62. The number of thioether (sulfide) groups is 1. The Hall–Kier alpha value is -1.89. The maximum atomic E-state index is 12.1. The summed E-state index contributed by atoms with van der Waals surface area (Å²) >= 11 is 1.54. The van der Waals surface area contributed by atoms with Crippen LogP contribution in [0.1, 0.15) is 39.7 Å². The normalized spacial score (nSPS) is 25.6. The highest BCUT2D eigenvalue weighted by Gasteiger charge is 2.43. The summed E-state index contributed by atoms with van der Waals surface area (Å²) in [5.74, 6) is 1.97. The first-order valence-electron chi connectivity index (χ1n) is 8.43. The molecule has 6 nitrogen and oxygen atoms in total. The number of ether oxygens (including phenoxy) is 2. The van der Waals surface area contributed by atoms with Gasteiger partial charge in [0.1, 0.15) is 11.4 Å². The number of benzene rings is 1. The molecule has 0 bridgehead atoms. The predicted molar refractivity (Wildman–Crippen MR) is 101 cm³/mol. The summed E-state index contributed by atoms with van der Waals surface area (Å²) in [5.41, 5.74) is 6.61. The van der Waals surface area contributed by atoms with Crippen molar-refractivity contribution in [1.29, 1.82) is 0 Å². The summed E-state index contributed by atoms with van der Waals surface area (Å²) in [5, 5.41) is 3.35. The first-order valence-corrected chi connectivity index (χ1v) is 9.41. The average molecular weight is 363 g/mol. The predicted octanol–water partition coefficient (Wildman–Crippen LogP) is 3.51. The van der Waals surface area contributed by atoms with E-state index in [2.05, 4.69) is 12.2 Å². The van der Waals surface area contributed by atoms with Crippen molar-refractivity contribution >= 4 is 28.7 Å². The Morgan fingerprint density at radius 2 is 2.24 bits per heavy atom. The fourth-order valence-corrected chi connectivity index (χ4v) is 4.42. The summed E-state index contributed by atoms with van der Waals surface area (Å²) in [6, 6.07) is 5.67. The lowest BCUT2D eigenvalue weighted by molar-refractivity contribution is 0.0564. The molecule has 0 spiro atoms. The van der Waals surface area contributed by atoms with E-state index in [1.165, 1.54) is 0 Å². The van der Waals surface area contributed by atoms with Crippen molar-refractivity contribution in [1.82, 2.24) is 5.32 Å². The molecule has 2 heterocycles. The van der Waals surface area contributed by atoms with Gasteiger partial charge in [-0.25, -0.2) is 4.79 Å². The number of alkyl carbamates (subject to hydrolysis) is 1. The molecule has 0 aromatic heterocycles. The molecule has 136 valence electrons. The van der Waals surface area contributed by atoms with Crippen LogP contribution in [0.4, 0.5) is 10.5 Å². The monoisotopic (exact) mass is 363 g/mol. The van der Waals surface area contributed by atoms with Crippen LogP contribution in [0.5, 0.6) is 5.75 Å². The number of aliphatic imine (C=N–C) groups is 1. The number of carbonyl (C=O) groups excluding carboxylic acids is 1. The van der Waals surface area contributed by atoms with Gasteiger partial charge < -0.3 is 15.2 Å². The van der Waals surface area contributed by atoms with Crippen molar-refractivity contribution in [3.8, 4) is 5.75 Å². The largest absolute Gasteiger partial charge is 0.493 e. The maximum Gasteiger partial charge on any atom is 0.413 e. The van der Waals surface area contributed by atoms with Gasteiger partial charge in [-0.2, -0.15) is 0 Å². The fourth-order valence-electron chi connectivity index (χ4n) is 3.16. The molecule has 1 aromatic carbocycles. The third-order valence-electron chi connectivity index (χ3n) is 4.43. The number of fused-ring (bicyclic) bond motifs is 3. The molecule has 1 aromatic rings. The summed E-state index contributed by atoms with van der Waals surface area (Å²) in [6.07, 6.45) is 0.417. The highest BCUT2D eigenvalue weighted by atomic mass is 32.2. The standard InChI is InChI=1S/C18H25N3O3S/c1-17(2,3)24-16(22)20-15-21-18(4)11(10-25-15)7-8-23-14-6-5-12(19)9-13(14)18/h5-6,9,11H,7-8,10,19H2,1-4H3,(H,20,21,22)/t11-,18+/m1/s1. The van der Waals surface area contributed by atoms with Crippen LogP contribution in [-0.2, 0) is 10.3 Å². The number of nitrogens with zero attached hydrogens (tertiary/aromatic N) is 1. The Morgan fingerprint density at radius 3 is 2.96 bits per heavy atom. The summed E-state index contributed by atoms with van der Waals surface area (Å²) in [6.45, 7) is 8.24. The molecule has 0 saturated carbocycles. The molecule has 1 amide bonds. The second kappa shape index (κ2) is 6.44. The van der Waals surface area contributed by atoms with Crippen molar-refractivity contribution in [2.75, 3.05) is 18.1 Å². The number of nitrogens with two attached hydrogens (primary N) is 1.